The summed E-state index contributed by atoms with van der Waals surface area (Å²) in [4.78, 5) is 18.9. The van der Waals surface area contributed by atoms with E-state index < -0.39 is 0 Å². The molecule has 5 nitrogen and oxygen atoms in total. The molecule has 2 heterocycles. The number of hydrogen-bond donors (Lipinski definition) is 1. The summed E-state index contributed by atoms with van der Waals surface area (Å²) >= 11 is 0. The van der Waals surface area contributed by atoms with Gasteiger partial charge in [0.2, 0.25) is 0 Å². The van der Waals surface area contributed by atoms with Gasteiger partial charge in [-0.2, -0.15) is 0 Å². The van der Waals surface area contributed by atoms with Crippen LogP contribution in [-0.2, 0) is 4.74 Å². The molecule has 1 aliphatic rings. The van der Waals surface area contributed by atoms with Crippen molar-refractivity contribution in [3.8, 4) is 0 Å². The summed E-state index contributed by atoms with van der Waals surface area (Å²) in [5.41, 5.74) is 4.58. The van der Waals surface area contributed by atoms with Crippen LogP contribution in [0.15, 0.2) is 36.7 Å². The summed E-state index contributed by atoms with van der Waals surface area (Å²) in [6.45, 7) is 7.09. The Morgan fingerprint density at radius 1 is 1.17 bits per heavy atom. The third-order valence-corrected chi connectivity index (χ3v) is 3.99. The van der Waals surface area contributed by atoms with Crippen LogP contribution in [0.5, 0.6) is 0 Å². The predicted molar refractivity (Wildman–Crippen MR) is 91.1 cm³/mol. The van der Waals surface area contributed by atoms with Crippen LogP contribution < -0.4 is 10.2 Å². The van der Waals surface area contributed by atoms with Gasteiger partial charge in [0, 0.05) is 25.0 Å². The lowest BCUT2D eigenvalue weighted by Gasteiger charge is -2.28. The van der Waals surface area contributed by atoms with Gasteiger partial charge in [-0.05, 0) is 31.5 Å². The first-order valence-electron chi connectivity index (χ1n) is 7.80. The van der Waals surface area contributed by atoms with Gasteiger partial charge in [0.25, 0.3) is 5.91 Å². The van der Waals surface area contributed by atoms with Gasteiger partial charge in [-0.3, -0.25) is 9.78 Å². The zero-order chi connectivity index (χ0) is 16.2. The van der Waals surface area contributed by atoms with E-state index >= 15 is 0 Å². The molecule has 120 valence electrons. The number of rotatable bonds is 3. The SMILES string of the molecule is Cc1ccc(NC(=O)c2cncc(N3CCOCC3)c2)c(C)c1. The second-order valence-electron chi connectivity index (χ2n) is 5.80. The van der Waals surface area contributed by atoms with Crippen LogP contribution in [0.25, 0.3) is 0 Å². The maximum Gasteiger partial charge on any atom is 0.257 e. The highest BCUT2D eigenvalue weighted by Gasteiger charge is 2.14. The molecule has 0 unspecified atom stereocenters. The maximum atomic E-state index is 12.5. The average molecular weight is 311 g/mol. The van der Waals surface area contributed by atoms with E-state index in [1.807, 2.05) is 32.0 Å². The van der Waals surface area contributed by atoms with Crippen molar-refractivity contribution in [2.24, 2.45) is 0 Å². The molecule has 1 aliphatic heterocycles. The lowest BCUT2D eigenvalue weighted by Crippen LogP contribution is -2.36. The van der Waals surface area contributed by atoms with Gasteiger partial charge < -0.3 is 15.0 Å². The van der Waals surface area contributed by atoms with Crippen molar-refractivity contribution < 1.29 is 9.53 Å². The van der Waals surface area contributed by atoms with Gasteiger partial charge in [0.05, 0.1) is 30.7 Å². The first-order valence-corrected chi connectivity index (χ1v) is 7.80. The Hall–Kier alpha value is -2.40. The molecule has 23 heavy (non-hydrogen) atoms. The van der Waals surface area contributed by atoms with Crippen molar-refractivity contribution in [3.63, 3.8) is 0 Å². The number of nitrogens with zero attached hydrogens (tertiary/aromatic N) is 2. The Morgan fingerprint density at radius 2 is 1.96 bits per heavy atom. The number of ether oxygens (including phenoxy) is 1. The van der Waals surface area contributed by atoms with E-state index in [4.69, 9.17) is 4.74 Å². The standard InChI is InChI=1S/C18H21N3O2/c1-13-3-4-17(14(2)9-13)20-18(22)15-10-16(12-19-11-15)21-5-7-23-8-6-21/h3-4,9-12H,5-8H2,1-2H3,(H,20,22). The van der Waals surface area contributed by atoms with Gasteiger partial charge in [-0.15, -0.1) is 0 Å². The number of carbonyl (C=O) groups excluding carboxylic acids is 1. The summed E-state index contributed by atoms with van der Waals surface area (Å²) in [5.74, 6) is -0.139. The van der Waals surface area contributed by atoms with Gasteiger partial charge in [-0.1, -0.05) is 17.7 Å². The van der Waals surface area contributed by atoms with E-state index in [2.05, 4.69) is 21.3 Å². The van der Waals surface area contributed by atoms with E-state index in [-0.39, 0.29) is 5.91 Å². The molecule has 5 heteroatoms. The molecule has 0 bridgehead atoms. The van der Waals surface area contributed by atoms with Gasteiger partial charge in [0.1, 0.15) is 0 Å². The lowest BCUT2D eigenvalue weighted by atomic mass is 10.1. The van der Waals surface area contributed by atoms with Crippen LogP contribution in [0.4, 0.5) is 11.4 Å². The molecule has 0 saturated carbocycles. The summed E-state index contributed by atoms with van der Waals surface area (Å²) < 4.78 is 5.36. The van der Waals surface area contributed by atoms with Crippen LogP contribution in [-0.4, -0.2) is 37.2 Å². The Bertz CT molecular complexity index is 709. The van der Waals surface area contributed by atoms with Gasteiger partial charge in [-0.25, -0.2) is 0 Å². The fraction of sp³-hybridized carbons (Fsp3) is 0.333. The van der Waals surface area contributed by atoms with Crippen LogP contribution in [0, 0.1) is 13.8 Å². The van der Waals surface area contributed by atoms with Crippen LogP contribution in [0.3, 0.4) is 0 Å². The van der Waals surface area contributed by atoms with Gasteiger partial charge in [0.15, 0.2) is 0 Å². The molecular formula is C18H21N3O2. The Morgan fingerprint density at radius 3 is 2.70 bits per heavy atom. The average Bonchev–Trinajstić information content (AvgIpc) is 2.58. The van der Waals surface area contributed by atoms with E-state index in [0.29, 0.717) is 18.8 Å². The van der Waals surface area contributed by atoms with Crippen LogP contribution in [0.1, 0.15) is 21.5 Å². The molecular weight excluding hydrogens is 290 g/mol. The predicted octanol–water partition coefficient (Wildman–Crippen LogP) is 2.79. The number of anilines is 2. The van der Waals surface area contributed by atoms with E-state index in [0.717, 1.165) is 30.0 Å². The smallest absolute Gasteiger partial charge is 0.257 e. The van der Waals surface area contributed by atoms with Crippen LogP contribution in [0.2, 0.25) is 0 Å². The van der Waals surface area contributed by atoms with E-state index in [9.17, 15) is 4.79 Å². The number of aryl methyl sites for hydroxylation is 2. The van der Waals surface area contributed by atoms with Gasteiger partial charge >= 0.3 is 0 Å². The Kier molecular flexibility index (Phi) is 4.57. The minimum atomic E-state index is -0.139. The third-order valence-electron chi connectivity index (χ3n) is 3.99. The number of morpholine rings is 1. The van der Waals surface area contributed by atoms with Crippen molar-refractivity contribution in [2.45, 2.75) is 13.8 Å². The first kappa shape index (κ1) is 15.5. The monoisotopic (exact) mass is 311 g/mol. The summed E-state index contributed by atoms with van der Waals surface area (Å²) in [5, 5.41) is 2.96. The van der Waals surface area contributed by atoms with Crippen molar-refractivity contribution in [1.82, 2.24) is 4.98 Å². The zero-order valence-electron chi connectivity index (χ0n) is 13.5. The number of amides is 1. The topological polar surface area (TPSA) is 54.5 Å². The van der Waals surface area contributed by atoms with Crippen molar-refractivity contribution in [1.29, 1.82) is 0 Å². The molecule has 0 aliphatic carbocycles. The Labute approximate surface area is 136 Å². The molecule has 0 radical (unpaired) electrons. The van der Waals surface area contributed by atoms with Crippen molar-refractivity contribution in [2.75, 3.05) is 36.5 Å². The summed E-state index contributed by atoms with van der Waals surface area (Å²) in [7, 11) is 0. The number of hydrogen-bond acceptors (Lipinski definition) is 4. The second-order valence-corrected chi connectivity index (χ2v) is 5.80. The van der Waals surface area contributed by atoms with E-state index in [1.54, 1.807) is 12.4 Å². The summed E-state index contributed by atoms with van der Waals surface area (Å²) in [6, 6.07) is 7.86. The number of pyridine rings is 1. The highest BCUT2D eigenvalue weighted by molar-refractivity contribution is 6.05. The molecule has 1 aromatic carbocycles. The number of nitrogens with one attached hydrogen (secondary N) is 1. The second kappa shape index (κ2) is 6.79. The summed E-state index contributed by atoms with van der Waals surface area (Å²) in [6.07, 6.45) is 3.39. The first-order chi connectivity index (χ1) is 11.1. The van der Waals surface area contributed by atoms with Crippen LogP contribution >= 0.6 is 0 Å². The number of benzene rings is 1. The molecule has 3 rings (SSSR count). The normalized spacial score (nSPS) is 14.6. The zero-order valence-corrected chi connectivity index (χ0v) is 13.5. The highest BCUT2D eigenvalue weighted by atomic mass is 16.5. The highest BCUT2D eigenvalue weighted by Crippen LogP contribution is 2.19. The molecule has 1 amide bonds. The van der Waals surface area contributed by atoms with E-state index in [1.165, 1.54) is 5.56 Å². The molecule has 1 saturated heterocycles. The third kappa shape index (κ3) is 3.68. The van der Waals surface area contributed by atoms with Crippen molar-refractivity contribution >= 4 is 17.3 Å². The maximum absolute atomic E-state index is 12.5. The minimum Gasteiger partial charge on any atom is -0.378 e. The number of aromatic nitrogens is 1. The molecule has 0 atom stereocenters. The fourth-order valence-electron chi connectivity index (χ4n) is 2.69. The lowest BCUT2D eigenvalue weighted by molar-refractivity contribution is 0.102. The minimum absolute atomic E-state index is 0.139. The van der Waals surface area contributed by atoms with Crippen molar-refractivity contribution in [3.05, 3.63) is 53.3 Å². The molecule has 1 aromatic heterocycles. The quantitative estimate of drug-likeness (QED) is 0.947. The Balaban J connectivity index is 1.76. The molecule has 1 N–H and O–H groups in total. The molecule has 1 fully saturated rings. The largest absolute Gasteiger partial charge is 0.378 e. The molecule has 2 aromatic rings. The number of carbonyl (C=O) groups is 1. The molecule has 0 spiro atoms. The fourth-order valence-corrected chi connectivity index (χ4v) is 2.69.